The lowest BCUT2D eigenvalue weighted by Crippen LogP contribution is -1.76. The van der Waals surface area contributed by atoms with Crippen LogP contribution in [0.4, 0.5) is 0 Å². The van der Waals surface area contributed by atoms with Crippen molar-refractivity contribution >= 4 is 33.6 Å². The highest BCUT2D eigenvalue weighted by molar-refractivity contribution is 9.10. The molecule has 0 N–H and O–H groups in total. The van der Waals surface area contributed by atoms with Gasteiger partial charge in [0.05, 0.1) is 0 Å². The molecular formula is C7H7BrOS. The first kappa shape index (κ1) is 7.95. The molecule has 0 fully saturated rings. The second-order valence-electron chi connectivity index (χ2n) is 1.99. The Balaban J connectivity index is 2.86. The topological polar surface area (TPSA) is 17.1 Å². The van der Waals surface area contributed by atoms with Gasteiger partial charge in [-0.3, -0.25) is 0 Å². The van der Waals surface area contributed by atoms with E-state index in [4.69, 9.17) is 0 Å². The molecule has 54 valence electrons. The molecule has 0 unspecified atom stereocenters. The van der Waals surface area contributed by atoms with E-state index >= 15 is 0 Å². The Hall–Kier alpha value is -0.150. The van der Waals surface area contributed by atoms with Gasteiger partial charge in [-0.2, -0.15) is 0 Å². The molecule has 0 spiro atoms. The molecule has 0 saturated heterocycles. The van der Waals surface area contributed by atoms with Gasteiger partial charge in [-0.25, -0.2) is 0 Å². The number of hydrogen-bond acceptors (Lipinski definition) is 2. The molecule has 0 aliphatic rings. The van der Waals surface area contributed by atoms with E-state index in [9.17, 15) is 4.79 Å². The van der Waals surface area contributed by atoms with Crippen molar-refractivity contribution in [3.63, 3.8) is 0 Å². The van der Waals surface area contributed by atoms with Crippen LogP contribution in [-0.4, -0.2) is 6.29 Å². The van der Waals surface area contributed by atoms with Crippen LogP contribution in [0.15, 0.2) is 10.5 Å². The summed E-state index contributed by atoms with van der Waals surface area (Å²) in [7, 11) is 0. The van der Waals surface area contributed by atoms with E-state index in [1.54, 1.807) is 11.3 Å². The molecule has 1 aromatic heterocycles. The highest BCUT2D eigenvalue weighted by atomic mass is 79.9. The van der Waals surface area contributed by atoms with Crippen molar-refractivity contribution in [3.05, 3.63) is 20.3 Å². The zero-order valence-corrected chi connectivity index (χ0v) is 7.96. The fourth-order valence-corrected chi connectivity index (χ4v) is 2.25. The van der Waals surface area contributed by atoms with E-state index in [2.05, 4.69) is 15.9 Å². The third-order valence-corrected chi connectivity index (χ3v) is 3.35. The molecule has 0 aliphatic carbocycles. The maximum atomic E-state index is 10.1. The van der Waals surface area contributed by atoms with Crippen LogP contribution in [0.3, 0.4) is 0 Å². The van der Waals surface area contributed by atoms with Gasteiger partial charge in [0.1, 0.15) is 6.29 Å². The van der Waals surface area contributed by atoms with Crippen molar-refractivity contribution in [2.24, 2.45) is 0 Å². The molecule has 0 radical (unpaired) electrons. The number of thiophene rings is 1. The largest absolute Gasteiger partial charge is 0.303 e. The lowest BCUT2D eigenvalue weighted by Gasteiger charge is -1.79. The average molecular weight is 219 g/mol. The third kappa shape index (κ3) is 1.67. The van der Waals surface area contributed by atoms with Crippen LogP contribution in [0, 0.1) is 6.92 Å². The standard InChI is InChI=1S/C7H7BrOS/c1-5-7(8)4-6(10-5)2-3-9/h3-4H,2H2,1H3. The van der Waals surface area contributed by atoms with Crippen LogP contribution < -0.4 is 0 Å². The van der Waals surface area contributed by atoms with Gasteiger partial charge in [0.2, 0.25) is 0 Å². The predicted octanol–water partition coefficient (Wildman–Crippen LogP) is 2.56. The summed E-state index contributed by atoms with van der Waals surface area (Å²) in [6.07, 6.45) is 1.47. The molecule has 0 bridgehead atoms. The predicted molar refractivity (Wildman–Crippen MR) is 46.5 cm³/mol. The van der Waals surface area contributed by atoms with Crippen molar-refractivity contribution in [1.29, 1.82) is 0 Å². The zero-order valence-electron chi connectivity index (χ0n) is 5.56. The summed E-state index contributed by atoms with van der Waals surface area (Å²) in [5, 5.41) is 0. The highest BCUT2D eigenvalue weighted by Gasteiger charge is 2.00. The molecule has 1 aromatic rings. The van der Waals surface area contributed by atoms with E-state index in [-0.39, 0.29) is 0 Å². The number of carbonyl (C=O) groups excluding carboxylic acids is 1. The van der Waals surface area contributed by atoms with Gasteiger partial charge < -0.3 is 4.79 Å². The fourth-order valence-electron chi connectivity index (χ4n) is 0.701. The summed E-state index contributed by atoms with van der Waals surface area (Å²) >= 11 is 5.04. The molecule has 0 saturated carbocycles. The minimum absolute atomic E-state index is 0.539. The van der Waals surface area contributed by atoms with E-state index in [0.717, 1.165) is 15.6 Å². The zero-order chi connectivity index (χ0) is 7.56. The maximum absolute atomic E-state index is 10.1. The van der Waals surface area contributed by atoms with Crippen LogP contribution in [-0.2, 0) is 11.2 Å². The van der Waals surface area contributed by atoms with Crippen LogP contribution in [0.2, 0.25) is 0 Å². The summed E-state index contributed by atoms with van der Waals surface area (Å²) < 4.78 is 1.11. The number of rotatable bonds is 2. The number of carbonyl (C=O) groups is 1. The summed E-state index contributed by atoms with van der Waals surface area (Å²) in [5.41, 5.74) is 0. The molecule has 0 atom stereocenters. The fraction of sp³-hybridized carbons (Fsp3) is 0.286. The molecule has 1 heterocycles. The van der Waals surface area contributed by atoms with E-state index < -0.39 is 0 Å². The molecule has 10 heavy (non-hydrogen) atoms. The van der Waals surface area contributed by atoms with Gasteiger partial charge in [0.15, 0.2) is 0 Å². The number of hydrogen-bond donors (Lipinski definition) is 0. The first-order valence-electron chi connectivity index (χ1n) is 2.92. The Morgan fingerprint density at radius 1 is 1.80 bits per heavy atom. The number of aryl methyl sites for hydroxylation is 1. The van der Waals surface area contributed by atoms with E-state index in [1.807, 2.05) is 13.0 Å². The van der Waals surface area contributed by atoms with Crippen molar-refractivity contribution in [2.45, 2.75) is 13.3 Å². The van der Waals surface area contributed by atoms with Gasteiger partial charge in [-0.1, -0.05) is 0 Å². The normalized spacial score (nSPS) is 9.80. The van der Waals surface area contributed by atoms with Crippen LogP contribution in [0.5, 0.6) is 0 Å². The molecule has 0 amide bonds. The van der Waals surface area contributed by atoms with Gasteiger partial charge in [0, 0.05) is 20.6 Å². The minimum Gasteiger partial charge on any atom is -0.303 e. The first-order valence-corrected chi connectivity index (χ1v) is 4.53. The second-order valence-corrected chi connectivity index (χ2v) is 4.18. The van der Waals surface area contributed by atoms with Gasteiger partial charge in [-0.05, 0) is 28.9 Å². The van der Waals surface area contributed by atoms with E-state index in [1.165, 1.54) is 4.88 Å². The van der Waals surface area contributed by atoms with Crippen LogP contribution in [0.1, 0.15) is 9.75 Å². The van der Waals surface area contributed by atoms with Gasteiger partial charge in [0.25, 0.3) is 0 Å². The summed E-state index contributed by atoms with van der Waals surface area (Å²) in [6, 6.07) is 1.99. The Morgan fingerprint density at radius 3 is 2.90 bits per heavy atom. The molecule has 0 aromatic carbocycles. The Bertz CT molecular complexity index is 222. The SMILES string of the molecule is Cc1sc(CC=O)cc1Br. The lowest BCUT2D eigenvalue weighted by atomic mass is 10.4. The molecule has 1 rings (SSSR count). The number of halogens is 1. The second kappa shape index (κ2) is 3.30. The smallest absolute Gasteiger partial charge is 0.125 e. The monoisotopic (exact) mass is 218 g/mol. The number of aldehydes is 1. The lowest BCUT2D eigenvalue weighted by molar-refractivity contribution is -0.107. The van der Waals surface area contributed by atoms with Crippen LogP contribution in [0.25, 0.3) is 0 Å². The van der Waals surface area contributed by atoms with Crippen molar-refractivity contribution in [3.8, 4) is 0 Å². The first-order chi connectivity index (χ1) is 4.74. The third-order valence-electron chi connectivity index (χ3n) is 1.19. The van der Waals surface area contributed by atoms with Crippen molar-refractivity contribution in [2.75, 3.05) is 0 Å². The molecule has 1 nitrogen and oxygen atoms in total. The summed E-state index contributed by atoms with van der Waals surface area (Å²) in [4.78, 5) is 12.4. The van der Waals surface area contributed by atoms with Crippen LogP contribution >= 0.6 is 27.3 Å². The molecule has 3 heteroatoms. The quantitative estimate of drug-likeness (QED) is 0.698. The van der Waals surface area contributed by atoms with Gasteiger partial charge in [-0.15, -0.1) is 11.3 Å². The molecular weight excluding hydrogens is 212 g/mol. The Kier molecular flexibility index (Phi) is 2.63. The summed E-state index contributed by atoms with van der Waals surface area (Å²) in [6.45, 7) is 2.03. The summed E-state index contributed by atoms with van der Waals surface area (Å²) in [5.74, 6) is 0. The Labute approximate surface area is 72.2 Å². The van der Waals surface area contributed by atoms with Crippen molar-refractivity contribution < 1.29 is 4.79 Å². The van der Waals surface area contributed by atoms with E-state index in [0.29, 0.717) is 6.42 Å². The average Bonchev–Trinajstić information content (AvgIpc) is 2.14. The highest BCUT2D eigenvalue weighted by Crippen LogP contribution is 2.25. The minimum atomic E-state index is 0.539. The molecule has 0 aliphatic heterocycles. The van der Waals surface area contributed by atoms with Crippen molar-refractivity contribution in [1.82, 2.24) is 0 Å². The Morgan fingerprint density at radius 2 is 2.50 bits per heavy atom. The van der Waals surface area contributed by atoms with Gasteiger partial charge >= 0.3 is 0 Å². The maximum Gasteiger partial charge on any atom is 0.125 e.